The molecule has 18 heavy (non-hydrogen) atoms. The summed E-state index contributed by atoms with van der Waals surface area (Å²) < 4.78 is 5.08. The molecule has 1 amide bonds. The van der Waals surface area contributed by atoms with Crippen LogP contribution >= 0.6 is 0 Å². The van der Waals surface area contributed by atoms with Gasteiger partial charge in [-0.25, -0.2) is 0 Å². The maximum atomic E-state index is 12.2. The van der Waals surface area contributed by atoms with Crippen molar-refractivity contribution in [2.24, 2.45) is 0 Å². The Morgan fingerprint density at radius 2 is 1.94 bits per heavy atom. The predicted molar refractivity (Wildman–Crippen MR) is 73.7 cm³/mol. The molecular weight excluding hydrogens is 228 g/mol. The number of nitrogens with one attached hydrogen (secondary N) is 1. The summed E-state index contributed by atoms with van der Waals surface area (Å²) in [7, 11) is 1.61. The van der Waals surface area contributed by atoms with Crippen LogP contribution in [-0.2, 0) is 4.74 Å². The Kier molecular flexibility index (Phi) is 4.35. The van der Waals surface area contributed by atoms with Crippen LogP contribution < -0.4 is 11.1 Å². The summed E-state index contributed by atoms with van der Waals surface area (Å²) >= 11 is 0. The van der Waals surface area contributed by atoms with E-state index in [-0.39, 0.29) is 5.91 Å². The van der Waals surface area contributed by atoms with Crippen molar-refractivity contribution in [3.63, 3.8) is 0 Å². The Morgan fingerprint density at radius 3 is 2.50 bits per heavy atom. The van der Waals surface area contributed by atoms with Crippen molar-refractivity contribution in [3.05, 3.63) is 28.8 Å². The third-order valence-electron chi connectivity index (χ3n) is 2.81. The zero-order chi connectivity index (χ0) is 13.9. The third kappa shape index (κ3) is 3.47. The van der Waals surface area contributed by atoms with E-state index in [4.69, 9.17) is 10.5 Å². The van der Waals surface area contributed by atoms with E-state index < -0.39 is 5.54 Å². The van der Waals surface area contributed by atoms with Gasteiger partial charge in [-0.1, -0.05) is 6.07 Å². The van der Waals surface area contributed by atoms with Crippen LogP contribution in [0.2, 0.25) is 0 Å². The van der Waals surface area contributed by atoms with Gasteiger partial charge in [-0.3, -0.25) is 4.79 Å². The van der Waals surface area contributed by atoms with Gasteiger partial charge in [-0.2, -0.15) is 0 Å². The first-order chi connectivity index (χ1) is 8.26. The van der Waals surface area contributed by atoms with Crippen LogP contribution in [0, 0.1) is 13.8 Å². The molecule has 0 bridgehead atoms. The van der Waals surface area contributed by atoms with Gasteiger partial charge < -0.3 is 15.8 Å². The number of hydrogen-bond acceptors (Lipinski definition) is 3. The van der Waals surface area contributed by atoms with E-state index in [0.29, 0.717) is 17.9 Å². The molecule has 1 rings (SSSR count). The van der Waals surface area contributed by atoms with Gasteiger partial charge in [0.15, 0.2) is 0 Å². The molecule has 0 spiro atoms. The standard InChI is InChI=1S/C14H22N2O2/c1-9-6-10(2)12(15)7-11(9)13(17)16-14(3,4)8-18-5/h6-7H,8,15H2,1-5H3,(H,16,17). The van der Waals surface area contributed by atoms with E-state index in [0.717, 1.165) is 11.1 Å². The lowest BCUT2D eigenvalue weighted by atomic mass is 10.0. The first kappa shape index (κ1) is 14.5. The van der Waals surface area contributed by atoms with Crippen LogP contribution in [0.15, 0.2) is 12.1 Å². The molecule has 3 N–H and O–H groups in total. The average Bonchev–Trinajstić information content (AvgIpc) is 2.22. The zero-order valence-electron chi connectivity index (χ0n) is 11.8. The maximum Gasteiger partial charge on any atom is 0.252 e. The minimum absolute atomic E-state index is 0.124. The van der Waals surface area contributed by atoms with E-state index >= 15 is 0 Å². The number of nitrogen functional groups attached to an aromatic ring is 1. The van der Waals surface area contributed by atoms with E-state index in [2.05, 4.69) is 5.32 Å². The summed E-state index contributed by atoms with van der Waals surface area (Å²) in [6.07, 6.45) is 0. The van der Waals surface area contributed by atoms with Crippen molar-refractivity contribution >= 4 is 11.6 Å². The predicted octanol–water partition coefficient (Wildman–Crippen LogP) is 2.04. The highest BCUT2D eigenvalue weighted by Crippen LogP contribution is 2.18. The average molecular weight is 250 g/mol. The number of hydrogen-bond donors (Lipinski definition) is 2. The molecule has 0 aliphatic rings. The molecule has 0 aliphatic carbocycles. The smallest absolute Gasteiger partial charge is 0.252 e. The van der Waals surface area contributed by atoms with Crippen molar-refractivity contribution in [1.82, 2.24) is 5.32 Å². The van der Waals surface area contributed by atoms with Crippen LogP contribution in [0.5, 0.6) is 0 Å². The molecule has 100 valence electrons. The van der Waals surface area contributed by atoms with E-state index in [1.165, 1.54) is 0 Å². The van der Waals surface area contributed by atoms with Gasteiger partial charge in [0, 0.05) is 18.4 Å². The van der Waals surface area contributed by atoms with Crippen molar-refractivity contribution in [2.45, 2.75) is 33.2 Å². The highest BCUT2D eigenvalue weighted by atomic mass is 16.5. The van der Waals surface area contributed by atoms with Gasteiger partial charge >= 0.3 is 0 Å². The summed E-state index contributed by atoms with van der Waals surface area (Å²) in [6.45, 7) is 8.13. The number of ether oxygens (including phenoxy) is 1. The molecule has 0 aliphatic heterocycles. The molecule has 0 saturated carbocycles. The van der Waals surface area contributed by atoms with E-state index in [1.807, 2.05) is 33.8 Å². The Labute approximate surface area is 109 Å². The van der Waals surface area contributed by atoms with Crippen LogP contribution in [0.25, 0.3) is 0 Å². The van der Waals surface area contributed by atoms with E-state index in [9.17, 15) is 4.79 Å². The largest absolute Gasteiger partial charge is 0.398 e. The molecule has 0 heterocycles. The second-order valence-corrected chi connectivity index (χ2v) is 5.29. The highest BCUT2D eigenvalue weighted by Gasteiger charge is 2.22. The summed E-state index contributed by atoms with van der Waals surface area (Å²) in [4.78, 5) is 12.2. The number of aryl methyl sites for hydroxylation is 2. The zero-order valence-corrected chi connectivity index (χ0v) is 11.8. The number of benzene rings is 1. The summed E-state index contributed by atoms with van der Waals surface area (Å²) in [5.41, 5.74) is 8.60. The van der Waals surface area contributed by atoms with Crippen molar-refractivity contribution < 1.29 is 9.53 Å². The van der Waals surface area contributed by atoms with E-state index in [1.54, 1.807) is 13.2 Å². The lowest BCUT2D eigenvalue weighted by molar-refractivity contribution is 0.0819. The first-order valence-electron chi connectivity index (χ1n) is 5.95. The molecule has 1 aromatic rings. The molecule has 4 nitrogen and oxygen atoms in total. The monoisotopic (exact) mass is 250 g/mol. The Bertz CT molecular complexity index is 453. The van der Waals surface area contributed by atoms with Crippen molar-refractivity contribution in [2.75, 3.05) is 19.5 Å². The SMILES string of the molecule is COCC(C)(C)NC(=O)c1cc(N)c(C)cc1C. The number of rotatable bonds is 4. The normalized spacial score (nSPS) is 11.4. The number of anilines is 1. The van der Waals surface area contributed by atoms with Gasteiger partial charge in [0.05, 0.1) is 12.1 Å². The number of amides is 1. The van der Waals surface area contributed by atoms with Gasteiger partial charge in [-0.05, 0) is 44.9 Å². The second kappa shape index (κ2) is 5.40. The lowest BCUT2D eigenvalue weighted by Crippen LogP contribution is -2.47. The quantitative estimate of drug-likeness (QED) is 0.804. The molecular formula is C14H22N2O2. The summed E-state index contributed by atoms with van der Waals surface area (Å²) in [5, 5.41) is 2.94. The van der Waals surface area contributed by atoms with Gasteiger partial charge in [0.2, 0.25) is 0 Å². The Balaban J connectivity index is 2.95. The molecule has 0 aromatic heterocycles. The number of carbonyl (C=O) groups excluding carboxylic acids is 1. The van der Waals surface area contributed by atoms with Crippen LogP contribution in [0.1, 0.15) is 35.3 Å². The van der Waals surface area contributed by atoms with Crippen LogP contribution in [0.4, 0.5) is 5.69 Å². The van der Waals surface area contributed by atoms with Gasteiger partial charge in [0.25, 0.3) is 5.91 Å². The fourth-order valence-electron chi connectivity index (χ4n) is 1.89. The van der Waals surface area contributed by atoms with Crippen molar-refractivity contribution in [3.8, 4) is 0 Å². The lowest BCUT2D eigenvalue weighted by Gasteiger charge is -2.25. The van der Waals surface area contributed by atoms with Gasteiger partial charge in [0.1, 0.15) is 0 Å². The van der Waals surface area contributed by atoms with Gasteiger partial charge in [-0.15, -0.1) is 0 Å². The van der Waals surface area contributed by atoms with Crippen LogP contribution in [-0.4, -0.2) is 25.2 Å². The molecule has 0 unspecified atom stereocenters. The van der Waals surface area contributed by atoms with Crippen LogP contribution in [0.3, 0.4) is 0 Å². The summed E-state index contributed by atoms with van der Waals surface area (Å²) in [6, 6.07) is 3.65. The molecule has 0 fully saturated rings. The third-order valence-corrected chi connectivity index (χ3v) is 2.81. The minimum Gasteiger partial charge on any atom is -0.398 e. The second-order valence-electron chi connectivity index (χ2n) is 5.29. The molecule has 0 atom stereocenters. The molecule has 4 heteroatoms. The molecule has 0 saturated heterocycles. The number of nitrogens with two attached hydrogens (primary N) is 1. The molecule has 0 radical (unpaired) electrons. The van der Waals surface area contributed by atoms with Crippen molar-refractivity contribution in [1.29, 1.82) is 0 Å². The topological polar surface area (TPSA) is 64.3 Å². The first-order valence-corrected chi connectivity index (χ1v) is 5.95. The Morgan fingerprint density at radius 1 is 1.33 bits per heavy atom. The fourth-order valence-corrected chi connectivity index (χ4v) is 1.89. The Hall–Kier alpha value is -1.55. The minimum atomic E-state index is -0.405. The number of methoxy groups -OCH3 is 1. The fraction of sp³-hybridized carbons (Fsp3) is 0.500. The summed E-state index contributed by atoms with van der Waals surface area (Å²) in [5.74, 6) is -0.124. The number of carbonyl (C=O) groups is 1. The maximum absolute atomic E-state index is 12.2. The molecule has 1 aromatic carbocycles. The highest BCUT2D eigenvalue weighted by molar-refractivity contribution is 5.97.